The van der Waals surface area contributed by atoms with Crippen molar-refractivity contribution in [2.45, 2.75) is 19.8 Å². The molecule has 1 N–H and O–H groups in total. The van der Waals surface area contributed by atoms with Crippen LogP contribution < -0.4 is 10.1 Å². The van der Waals surface area contributed by atoms with Crippen LogP contribution in [0.25, 0.3) is 0 Å². The SMILES string of the molecule is Cc1ccc(Cl)cc1NC(=O)CCCOc1ccc(F)cc1. The molecule has 3 nitrogen and oxygen atoms in total. The van der Waals surface area contributed by atoms with Gasteiger partial charge in [0.15, 0.2) is 0 Å². The van der Waals surface area contributed by atoms with Crippen LogP contribution in [0.3, 0.4) is 0 Å². The highest BCUT2D eigenvalue weighted by Gasteiger charge is 2.05. The molecule has 0 atom stereocenters. The number of nitrogens with one attached hydrogen (secondary N) is 1. The van der Waals surface area contributed by atoms with Crippen LogP contribution in [0, 0.1) is 12.7 Å². The monoisotopic (exact) mass is 321 g/mol. The van der Waals surface area contributed by atoms with Crippen molar-refractivity contribution in [2.24, 2.45) is 0 Å². The number of aryl methyl sites for hydroxylation is 1. The summed E-state index contributed by atoms with van der Waals surface area (Å²) in [6, 6.07) is 11.2. The van der Waals surface area contributed by atoms with Gasteiger partial charge < -0.3 is 10.1 Å². The maximum absolute atomic E-state index is 12.7. The van der Waals surface area contributed by atoms with Crippen LogP contribution in [0.1, 0.15) is 18.4 Å². The van der Waals surface area contributed by atoms with Gasteiger partial charge in [0.2, 0.25) is 5.91 Å². The first-order valence-electron chi connectivity index (χ1n) is 6.99. The number of ether oxygens (including phenoxy) is 1. The highest BCUT2D eigenvalue weighted by Crippen LogP contribution is 2.20. The molecule has 0 bridgehead atoms. The standard InChI is InChI=1S/C17H17ClFNO2/c1-12-4-5-13(18)11-16(12)20-17(21)3-2-10-22-15-8-6-14(19)7-9-15/h4-9,11H,2-3,10H2,1H3,(H,20,21). The van der Waals surface area contributed by atoms with Crippen molar-refractivity contribution >= 4 is 23.2 Å². The van der Waals surface area contributed by atoms with E-state index in [2.05, 4.69) is 5.32 Å². The van der Waals surface area contributed by atoms with Crippen LogP contribution in [0.2, 0.25) is 5.02 Å². The zero-order chi connectivity index (χ0) is 15.9. The molecule has 2 aromatic rings. The molecule has 5 heteroatoms. The molecule has 0 aromatic heterocycles. The molecule has 2 rings (SSSR count). The molecular weight excluding hydrogens is 305 g/mol. The highest BCUT2D eigenvalue weighted by molar-refractivity contribution is 6.31. The van der Waals surface area contributed by atoms with Crippen LogP contribution in [-0.2, 0) is 4.79 Å². The lowest BCUT2D eigenvalue weighted by molar-refractivity contribution is -0.116. The molecule has 0 saturated carbocycles. The van der Waals surface area contributed by atoms with Gasteiger partial charge in [0, 0.05) is 17.1 Å². The summed E-state index contributed by atoms with van der Waals surface area (Å²) in [6.45, 7) is 2.30. The molecule has 2 aromatic carbocycles. The smallest absolute Gasteiger partial charge is 0.224 e. The molecule has 0 radical (unpaired) electrons. The molecular formula is C17H17ClFNO2. The molecule has 1 amide bonds. The molecule has 0 aliphatic heterocycles. The third-order valence-electron chi connectivity index (χ3n) is 3.10. The van der Waals surface area contributed by atoms with Gasteiger partial charge in [-0.1, -0.05) is 17.7 Å². The second kappa shape index (κ2) is 7.80. The van der Waals surface area contributed by atoms with E-state index in [0.717, 1.165) is 11.3 Å². The second-order valence-electron chi connectivity index (χ2n) is 4.91. The minimum atomic E-state index is -0.302. The van der Waals surface area contributed by atoms with E-state index in [4.69, 9.17) is 16.3 Å². The number of halogens is 2. The van der Waals surface area contributed by atoms with Gasteiger partial charge in [0.05, 0.1) is 6.61 Å². The fourth-order valence-corrected chi connectivity index (χ4v) is 2.07. The maximum Gasteiger partial charge on any atom is 0.224 e. The largest absolute Gasteiger partial charge is 0.494 e. The Bertz CT molecular complexity index is 644. The Labute approximate surface area is 134 Å². The van der Waals surface area contributed by atoms with E-state index in [0.29, 0.717) is 30.2 Å². The van der Waals surface area contributed by atoms with Gasteiger partial charge >= 0.3 is 0 Å². The lowest BCUT2D eigenvalue weighted by Crippen LogP contribution is -2.13. The minimum absolute atomic E-state index is 0.0897. The van der Waals surface area contributed by atoms with Crippen molar-refractivity contribution in [3.63, 3.8) is 0 Å². The van der Waals surface area contributed by atoms with Crippen molar-refractivity contribution in [3.8, 4) is 5.75 Å². The first-order valence-corrected chi connectivity index (χ1v) is 7.37. The van der Waals surface area contributed by atoms with Crippen LogP contribution in [-0.4, -0.2) is 12.5 Å². The number of carbonyl (C=O) groups excluding carboxylic acids is 1. The first kappa shape index (κ1) is 16.3. The molecule has 0 aliphatic carbocycles. The van der Waals surface area contributed by atoms with Gasteiger partial charge in [0.1, 0.15) is 11.6 Å². The van der Waals surface area contributed by atoms with Crippen molar-refractivity contribution < 1.29 is 13.9 Å². The van der Waals surface area contributed by atoms with Gasteiger partial charge in [0.25, 0.3) is 0 Å². The van der Waals surface area contributed by atoms with E-state index in [-0.39, 0.29) is 11.7 Å². The summed E-state index contributed by atoms with van der Waals surface area (Å²) in [5, 5.41) is 3.41. The lowest BCUT2D eigenvalue weighted by Gasteiger charge is -2.09. The average Bonchev–Trinajstić information content (AvgIpc) is 2.49. The molecule has 0 aliphatic rings. The number of rotatable bonds is 6. The molecule has 0 saturated heterocycles. The number of carbonyl (C=O) groups is 1. The van der Waals surface area contributed by atoms with E-state index in [9.17, 15) is 9.18 Å². The van der Waals surface area contributed by atoms with Crippen molar-refractivity contribution in [3.05, 3.63) is 58.9 Å². The Balaban J connectivity index is 1.74. The summed E-state index contributed by atoms with van der Waals surface area (Å²) in [5.74, 6) is 0.198. The molecule has 0 unspecified atom stereocenters. The van der Waals surface area contributed by atoms with Crippen LogP contribution in [0.4, 0.5) is 10.1 Å². The Morgan fingerprint density at radius 3 is 2.68 bits per heavy atom. The number of amides is 1. The highest BCUT2D eigenvalue weighted by atomic mass is 35.5. The minimum Gasteiger partial charge on any atom is -0.494 e. The summed E-state index contributed by atoms with van der Waals surface area (Å²) in [6.07, 6.45) is 0.913. The van der Waals surface area contributed by atoms with Gasteiger partial charge in [-0.05, 0) is 55.3 Å². The predicted octanol–water partition coefficient (Wildman–Crippen LogP) is 4.59. The maximum atomic E-state index is 12.7. The van der Waals surface area contributed by atoms with Gasteiger partial charge in [-0.3, -0.25) is 4.79 Å². The van der Waals surface area contributed by atoms with Gasteiger partial charge in [-0.15, -0.1) is 0 Å². The van der Waals surface area contributed by atoms with E-state index >= 15 is 0 Å². The predicted molar refractivity (Wildman–Crippen MR) is 85.9 cm³/mol. The lowest BCUT2D eigenvalue weighted by atomic mass is 10.2. The molecule has 0 heterocycles. The van der Waals surface area contributed by atoms with E-state index in [1.54, 1.807) is 24.3 Å². The summed E-state index contributed by atoms with van der Waals surface area (Å²) in [7, 11) is 0. The quantitative estimate of drug-likeness (QED) is 0.790. The van der Waals surface area contributed by atoms with E-state index in [1.165, 1.54) is 12.1 Å². The van der Waals surface area contributed by atoms with Gasteiger partial charge in [-0.25, -0.2) is 4.39 Å². The summed E-state index contributed by atoms with van der Waals surface area (Å²) in [5.41, 5.74) is 1.68. The zero-order valence-corrected chi connectivity index (χ0v) is 13.0. The number of benzene rings is 2. The topological polar surface area (TPSA) is 38.3 Å². The molecule has 0 fully saturated rings. The van der Waals surface area contributed by atoms with Crippen molar-refractivity contribution in [2.75, 3.05) is 11.9 Å². The normalized spacial score (nSPS) is 10.3. The van der Waals surface area contributed by atoms with Crippen LogP contribution in [0.15, 0.2) is 42.5 Å². The van der Waals surface area contributed by atoms with Crippen LogP contribution >= 0.6 is 11.6 Å². The summed E-state index contributed by atoms with van der Waals surface area (Å²) < 4.78 is 18.2. The Morgan fingerprint density at radius 1 is 1.23 bits per heavy atom. The Kier molecular flexibility index (Phi) is 5.78. The Hall–Kier alpha value is -2.07. The molecule has 0 spiro atoms. The molecule has 116 valence electrons. The third kappa shape index (κ3) is 5.04. The number of hydrogen-bond donors (Lipinski definition) is 1. The molecule has 22 heavy (non-hydrogen) atoms. The Morgan fingerprint density at radius 2 is 1.95 bits per heavy atom. The van der Waals surface area contributed by atoms with Gasteiger partial charge in [-0.2, -0.15) is 0 Å². The third-order valence-corrected chi connectivity index (χ3v) is 3.34. The zero-order valence-electron chi connectivity index (χ0n) is 12.2. The van der Waals surface area contributed by atoms with Crippen molar-refractivity contribution in [1.82, 2.24) is 0 Å². The average molecular weight is 322 g/mol. The van der Waals surface area contributed by atoms with E-state index in [1.807, 2.05) is 13.0 Å². The van der Waals surface area contributed by atoms with Crippen LogP contribution in [0.5, 0.6) is 5.75 Å². The summed E-state index contributed by atoms with van der Waals surface area (Å²) in [4.78, 5) is 11.9. The fourth-order valence-electron chi connectivity index (χ4n) is 1.90. The fraction of sp³-hybridized carbons (Fsp3) is 0.235. The number of anilines is 1. The van der Waals surface area contributed by atoms with E-state index < -0.39 is 0 Å². The second-order valence-corrected chi connectivity index (χ2v) is 5.35. The van der Waals surface area contributed by atoms with Crippen molar-refractivity contribution in [1.29, 1.82) is 0 Å². The number of hydrogen-bond acceptors (Lipinski definition) is 2. The summed E-state index contributed by atoms with van der Waals surface area (Å²) >= 11 is 5.91. The first-order chi connectivity index (χ1) is 10.5.